The lowest BCUT2D eigenvalue weighted by Gasteiger charge is -2.04. The SMILES string of the molecule is Cc1cc(NC(=O)CCn2ccc(C(=O)O)n2)nn1Cc1ccccc1. The van der Waals surface area contributed by atoms with Crippen molar-refractivity contribution in [2.45, 2.75) is 26.4 Å². The minimum absolute atomic E-state index is 0.0410. The van der Waals surface area contributed by atoms with E-state index in [0.717, 1.165) is 11.3 Å². The van der Waals surface area contributed by atoms with E-state index in [1.807, 2.05) is 48.0 Å². The Morgan fingerprint density at radius 1 is 1.15 bits per heavy atom. The van der Waals surface area contributed by atoms with Crippen molar-refractivity contribution in [3.8, 4) is 0 Å². The van der Waals surface area contributed by atoms with Crippen LogP contribution in [-0.4, -0.2) is 36.5 Å². The van der Waals surface area contributed by atoms with Gasteiger partial charge >= 0.3 is 5.97 Å². The highest BCUT2D eigenvalue weighted by Gasteiger charge is 2.10. The Bertz CT molecular complexity index is 914. The van der Waals surface area contributed by atoms with Crippen molar-refractivity contribution in [3.63, 3.8) is 0 Å². The minimum Gasteiger partial charge on any atom is -0.476 e. The molecule has 0 fully saturated rings. The van der Waals surface area contributed by atoms with Gasteiger partial charge in [-0.2, -0.15) is 10.2 Å². The van der Waals surface area contributed by atoms with Gasteiger partial charge in [0.05, 0.1) is 6.54 Å². The van der Waals surface area contributed by atoms with Crippen LogP contribution >= 0.6 is 0 Å². The van der Waals surface area contributed by atoms with Gasteiger partial charge < -0.3 is 10.4 Å². The third kappa shape index (κ3) is 4.35. The summed E-state index contributed by atoms with van der Waals surface area (Å²) < 4.78 is 3.26. The zero-order valence-corrected chi connectivity index (χ0v) is 14.3. The zero-order valence-electron chi connectivity index (χ0n) is 14.3. The molecule has 0 unspecified atom stereocenters. The summed E-state index contributed by atoms with van der Waals surface area (Å²) >= 11 is 0. The van der Waals surface area contributed by atoms with Gasteiger partial charge in [-0.25, -0.2) is 4.79 Å². The Labute approximate surface area is 150 Å². The molecule has 0 aliphatic heterocycles. The second-order valence-corrected chi connectivity index (χ2v) is 5.88. The van der Waals surface area contributed by atoms with Crippen molar-refractivity contribution in [1.29, 1.82) is 0 Å². The predicted octanol–water partition coefficient (Wildman–Crippen LogP) is 2.16. The number of carbonyl (C=O) groups excluding carboxylic acids is 1. The van der Waals surface area contributed by atoms with E-state index in [4.69, 9.17) is 5.11 Å². The topological polar surface area (TPSA) is 102 Å². The largest absolute Gasteiger partial charge is 0.476 e. The number of hydrogen-bond donors (Lipinski definition) is 2. The number of hydrogen-bond acceptors (Lipinski definition) is 4. The molecule has 0 radical (unpaired) electrons. The summed E-state index contributed by atoms with van der Waals surface area (Å²) in [7, 11) is 0. The molecule has 3 aromatic rings. The summed E-state index contributed by atoms with van der Waals surface area (Å²) in [6, 6.07) is 13.2. The maximum absolute atomic E-state index is 12.1. The lowest BCUT2D eigenvalue weighted by molar-refractivity contribution is -0.116. The highest BCUT2D eigenvalue weighted by atomic mass is 16.4. The second-order valence-electron chi connectivity index (χ2n) is 5.88. The number of nitrogens with zero attached hydrogens (tertiary/aromatic N) is 4. The van der Waals surface area contributed by atoms with E-state index >= 15 is 0 Å². The fraction of sp³-hybridized carbons (Fsp3) is 0.222. The van der Waals surface area contributed by atoms with E-state index in [-0.39, 0.29) is 18.0 Å². The quantitative estimate of drug-likeness (QED) is 0.678. The molecule has 2 N–H and O–H groups in total. The molecule has 2 heterocycles. The third-order valence-electron chi connectivity index (χ3n) is 3.85. The Kier molecular flexibility index (Phi) is 5.12. The maximum Gasteiger partial charge on any atom is 0.356 e. The molecule has 2 aromatic heterocycles. The smallest absolute Gasteiger partial charge is 0.356 e. The van der Waals surface area contributed by atoms with E-state index in [1.165, 1.54) is 16.9 Å². The normalized spacial score (nSPS) is 10.7. The fourth-order valence-electron chi connectivity index (χ4n) is 2.51. The van der Waals surface area contributed by atoms with Crippen molar-refractivity contribution < 1.29 is 14.7 Å². The summed E-state index contributed by atoms with van der Waals surface area (Å²) in [5, 5.41) is 19.9. The van der Waals surface area contributed by atoms with E-state index in [1.54, 1.807) is 0 Å². The average Bonchev–Trinajstić information content (AvgIpc) is 3.21. The number of aromatic nitrogens is 4. The first-order valence-corrected chi connectivity index (χ1v) is 8.16. The van der Waals surface area contributed by atoms with Gasteiger partial charge in [-0.3, -0.25) is 14.2 Å². The number of aryl methyl sites for hydroxylation is 2. The van der Waals surface area contributed by atoms with E-state index < -0.39 is 5.97 Å². The van der Waals surface area contributed by atoms with Gasteiger partial charge in [-0.1, -0.05) is 30.3 Å². The van der Waals surface area contributed by atoms with Crippen LogP contribution in [0.25, 0.3) is 0 Å². The van der Waals surface area contributed by atoms with Crippen LogP contribution in [0, 0.1) is 6.92 Å². The van der Waals surface area contributed by atoms with Gasteiger partial charge in [0.15, 0.2) is 11.5 Å². The summed E-state index contributed by atoms with van der Waals surface area (Å²) in [5.41, 5.74) is 2.03. The Morgan fingerprint density at radius 3 is 2.62 bits per heavy atom. The first-order chi connectivity index (χ1) is 12.5. The van der Waals surface area contributed by atoms with E-state index in [0.29, 0.717) is 18.9 Å². The van der Waals surface area contributed by atoms with Crippen molar-refractivity contribution in [2.24, 2.45) is 0 Å². The average molecular weight is 353 g/mol. The number of nitrogens with one attached hydrogen (secondary N) is 1. The number of benzene rings is 1. The highest BCUT2D eigenvalue weighted by molar-refractivity contribution is 5.89. The zero-order chi connectivity index (χ0) is 18.5. The molecule has 0 bridgehead atoms. The number of aromatic carboxylic acids is 1. The maximum atomic E-state index is 12.1. The fourth-order valence-corrected chi connectivity index (χ4v) is 2.51. The molecule has 1 amide bonds. The molecule has 3 rings (SSSR count). The number of carboxylic acids is 1. The molecule has 8 heteroatoms. The minimum atomic E-state index is -1.09. The van der Waals surface area contributed by atoms with Crippen molar-refractivity contribution in [1.82, 2.24) is 19.6 Å². The van der Waals surface area contributed by atoms with Crippen molar-refractivity contribution in [3.05, 3.63) is 65.6 Å². The van der Waals surface area contributed by atoms with Gasteiger partial charge in [0.25, 0.3) is 0 Å². The Balaban J connectivity index is 1.55. The molecule has 0 spiro atoms. The summed E-state index contributed by atoms with van der Waals surface area (Å²) in [5.74, 6) is -0.801. The number of anilines is 1. The highest BCUT2D eigenvalue weighted by Crippen LogP contribution is 2.11. The number of carbonyl (C=O) groups is 2. The van der Waals surface area contributed by atoms with Crippen LogP contribution in [-0.2, 0) is 17.9 Å². The molecule has 0 saturated carbocycles. The monoisotopic (exact) mass is 353 g/mol. The third-order valence-corrected chi connectivity index (χ3v) is 3.85. The van der Waals surface area contributed by atoms with Crippen molar-refractivity contribution in [2.75, 3.05) is 5.32 Å². The van der Waals surface area contributed by atoms with Gasteiger partial charge in [0, 0.05) is 30.9 Å². The molecule has 26 heavy (non-hydrogen) atoms. The first kappa shape index (κ1) is 17.4. The van der Waals surface area contributed by atoms with Crippen LogP contribution in [0.15, 0.2) is 48.7 Å². The van der Waals surface area contributed by atoms with E-state index in [9.17, 15) is 9.59 Å². The molecule has 0 atom stereocenters. The molecule has 8 nitrogen and oxygen atoms in total. The number of rotatable bonds is 7. The molecule has 0 saturated heterocycles. The van der Waals surface area contributed by atoms with Crippen LogP contribution in [0.5, 0.6) is 0 Å². The van der Waals surface area contributed by atoms with Crippen LogP contribution in [0.2, 0.25) is 0 Å². The van der Waals surface area contributed by atoms with Crippen LogP contribution in [0.1, 0.15) is 28.2 Å². The standard InChI is InChI=1S/C18H19N5O3/c1-13-11-16(21-23(13)12-14-5-3-2-4-6-14)19-17(24)8-10-22-9-7-15(20-22)18(25)26/h2-7,9,11H,8,10,12H2,1H3,(H,25,26)(H,19,21,24). The molecular formula is C18H19N5O3. The number of amides is 1. The van der Waals surface area contributed by atoms with Crippen LogP contribution in [0.4, 0.5) is 5.82 Å². The molecule has 0 aliphatic carbocycles. The molecular weight excluding hydrogens is 334 g/mol. The first-order valence-electron chi connectivity index (χ1n) is 8.16. The molecule has 1 aromatic carbocycles. The van der Waals surface area contributed by atoms with Gasteiger partial charge in [0.2, 0.25) is 5.91 Å². The molecule has 134 valence electrons. The Morgan fingerprint density at radius 2 is 1.92 bits per heavy atom. The van der Waals surface area contributed by atoms with Gasteiger partial charge in [-0.05, 0) is 18.6 Å². The second kappa shape index (κ2) is 7.64. The van der Waals surface area contributed by atoms with Gasteiger partial charge in [-0.15, -0.1) is 0 Å². The lowest BCUT2D eigenvalue weighted by atomic mass is 10.2. The lowest BCUT2D eigenvalue weighted by Crippen LogP contribution is -2.15. The summed E-state index contributed by atoms with van der Waals surface area (Å²) in [4.78, 5) is 22.9. The predicted molar refractivity (Wildman–Crippen MR) is 94.9 cm³/mol. The summed E-state index contributed by atoms with van der Waals surface area (Å²) in [6.45, 7) is 2.86. The summed E-state index contributed by atoms with van der Waals surface area (Å²) in [6.07, 6.45) is 1.71. The van der Waals surface area contributed by atoms with Crippen LogP contribution in [0.3, 0.4) is 0 Å². The van der Waals surface area contributed by atoms with Crippen molar-refractivity contribution >= 4 is 17.7 Å². The van der Waals surface area contributed by atoms with Gasteiger partial charge in [0.1, 0.15) is 0 Å². The molecule has 0 aliphatic rings. The van der Waals surface area contributed by atoms with E-state index in [2.05, 4.69) is 15.5 Å². The Hall–Kier alpha value is -3.42. The number of carboxylic acid groups (broad SMARTS) is 1. The van der Waals surface area contributed by atoms with Crippen LogP contribution < -0.4 is 5.32 Å².